The van der Waals surface area contributed by atoms with Gasteiger partial charge in [-0.2, -0.15) is 0 Å². The van der Waals surface area contributed by atoms with Crippen molar-refractivity contribution in [1.29, 1.82) is 0 Å². The van der Waals surface area contributed by atoms with Crippen molar-refractivity contribution < 1.29 is 9.59 Å². The number of aromatic nitrogens is 1. The SMILES string of the molecule is CNC(=O)C1(Cc2ccccc2-c2ccncc2)CCN(C(=O)CC2CCCCC2)C1. The van der Waals surface area contributed by atoms with Crippen molar-refractivity contribution in [2.45, 2.75) is 51.4 Å². The maximum Gasteiger partial charge on any atom is 0.228 e. The summed E-state index contributed by atoms with van der Waals surface area (Å²) in [6, 6.07) is 12.3. The Morgan fingerprint density at radius 1 is 1.10 bits per heavy atom. The van der Waals surface area contributed by atoms with Crippen molar-refractivity contribution in [3.63, 3.8) is 0 Å². The smallest absolute Gasteiger partial charge is 0.228 e. The number of nitrogens with one attached hydrogen (secondary N) is 1. The normalized spacial score (nSPS) is 21.8. The number of carbonyl (C=O) groups is 2. The van der Waals surface area contributed by atoms with Crippen LogP contribution in [0.5, 0.6) is 0 Å². The third-order valence-corrected chi connectivity index (χ3v) is 7.14. The first kappa shape index (κ1) is 21.5. The fourth-order valence-corrected chi connectivity index (χ4v) is 5.38. The molecule has 4 rings (SSSR count). The van der Waals surface area contributed by atoms with E-state index in [9.17, 15) is 9.59 Å². The Balaban J connectivity index is 1.54. The van der Waals surface area contributed by atoms with E-state index in [2.05, 4.69) is 22.4 Å². The summed E-state index contributed by atoms with van der Waals surface area (Å²) in [5, 5.41) is 2.88. The van der Waals surface area contributed by atoms with Gasteiger partial charge in [-0.05, 0) is 60.4 Å². The molecule has 2 amide bonds. The Labute approximate surface area is 185 Å². The molecule has 2 heterocycles. The van der Waals surface area contributed by atoms with Gasteiger partial charge in [0.2, 0.25) is 11.8 Å². The van der Waals surface area contributed by atoms with E-state index in [1.807, 2.05) is 29.2 Å². The van der Waals surface area contributed by atoms with Crippen LogP contribution >= 0.6 is 0 Å². The summed E-state index contributed by atoms with van der Waals surface area (Å²) in [6.07, 6.45) is 11.7. The minimum atomic E-state index is -0.583. The zero-order valence-electron chi connectivity index (χ0n) is 18.5. The number of amides is 2. The molecule has 5 nitrogen and oxygen atoms in total. The molecule has 1 aromatic carbocycles. The number of rotatable bonds is 6. The molecule has 2 aromatic rings. The van der Waals surface area contributed by atoms with Crippen LogP contribution in [-0.4, -0.2) is 41.8 Å². The number of pyridine rings is 1. The number of nitrogens with zero attached hydrogens (tertiary/aromatic N) is 2. The van der Waals surface area contributed by atoms with Crippen LogP contribution < -0.4 is 5.32 Å². The van der Waals surface area contributed by atoms with Gasteiger partial charge in [-0.15, -0.1) is 0 Å². The fourth-order valence-electron chi connectivity index (χ4n) is 5.38. The predicted octanol–water partition coefficient (Wildman–Crippen LogP) is 4.23. The lowest BCUT2D eigenvalue weighted by Gasteiger charge is -2.29. The zero-order valence-corrected chi connectivity index (χ0v) is 18.5. The second-order valence-corrected chi connectivity index (χ2v) is 9.20. The van der Waals surface area contributed by atoms with Gasteiger partial charge >= 0.3 is 0 Å². The molecule has 1 aliphatic carbocycles. The third kappa shape index (κ3) is 4.81. The van der Waals surface area contributed by atoms with E-state index in [-0.39, 0.29) is 11.8 Å². The number of hydrogen-bond acceptors (Lipinski definition) is 3. The van der Waals surface area contributed by atoms with Crippen molar-refractivity contribution >= 4 is 11.8 Å². The number of benzene rings is 1. The quantitative estimate of drug-likeness (QED) is 0.762. The molecule has 31 heavy (non-hydrogen) atoms. The molecule has 1 atom stereocenters. The molecule has 5 heteroatoms. The largest absolute Gasteiger partial charge is 0.359 e. The molecule has 2 aliphatic rings. The summed E-state index contributed by atoms with van der Waals surface area (Å²) in [5.74, 6) is 0.772. The maximum atomic E-state index is 13.1. The minimum Gasteiger partial charge on any atom is -0.359 e. The molecular weight excluding hydrogens is 386 g/mol. The van der Waals surface area contributed by atoms with Crippen LogP contribution in [0.3, 0.4) is 0 Å². The van der Waals surface area contributed by atoms with Gasteiger partial charge in [0.1, 0.15) is 0 Å². The van der Waals surface area contributed by atoms with E-state index in [0.29, 0.717) is 38.3 Å². The highest BCUT2D eigenvalue weighted by Gasteiger charge is 2.46. The molecule has 1 saturated heterocycles. The first-order chi connectivity index (χ1) is 15.1. The maximum absolute atomic E-state index is 13.1. The second kappa shape index (κ2) is 9.63. The van der Waals surface area contributed by atoms with Gasteiger partial charge in [0.15, 0.2) is 0 Å². The van der Waals surface area contributed by atoms with Gasteiger partial charge in [-0.1, -0.05) is 43.5 Å². The molecule has 1 N–H and O–H groups in total. The Kier molecular flexibility index (Phi) is 6.69. The zero-order chi connectivity index (χ0) is 21.7. The van der Waals surface area contributed by atoms with Gasteiger partial charge in [0.25, 0.3) is 0 Å². The monoisotopic (exact) mass is 419 g/mol. The average Bonchev–Trinajstić information content (AvgIpc) is 3.25. The van der Waals surface area contributed by atoms with E-state index in [1.54, 1.807) is 19.4 Å². The van der Waals surface area contributed by atoms with Gasteiger partial charge in [0.05, 0.1) is 5.41 Å². The Hall–Kier alpha value is -2.69. The Morgan fingerprint density at radius 2 is 1.84 bits per heavy atom. The van der Waals surface area contributed by atoms with Crippen molar-refractivity contribution in [3.8, 4) is 11.1 Å². The summed E-state index contributed by atoms with van der Waals surface area (Å²) in [5.41, 5.74) is 2.78. The van der Waals surface area contributed by atoms with Crippen LogP contribution in [0.2, 0.25) is 0 Å². The summed E-state index contributed by atoms with van der Waals surface area (Å²) in [4.78, 5) is 32.2. The molecule has 0 radical (unpaired) electrons. The molecule has 1 saturated carbocycles. The van der Waals surface area contributed by atoms with Crippen LogP contribution in [0.4, 0.5) is 0 Å². The topological polar surface area (TPSA) is 62.3 Å². The van der Waals surface area contributed by atoms with E-state index in [1.165, 1.54) is 32.1 Å². The van der Waals surface area contributed by atoms with Gasteiger partial charge < -0.3 is 10.2 Å². The van der Waals surface area contributed by atoms with Crippen molar-refractivity contribution in [2.75, 3.05) is 20.1 Å². The average molecular weight is 420 g/mol. The summed E-state index contributed by atoms with van der Waals surface area (Å²) in [6.45, 7) is 1.17. The van der Waals surface area contributed by atoms with E-state index in [4.69, 9.17) is 0 Å². The highest BCUT2D eigenvalue weighted by Crippen LogP contribution is 2.38. The van der Waals surface area contributed by atoms with Gasteiger partial charge in [-0.25, -0.2) is 0 Å². The van der Waals surface area contributed by atoms with Crippen LogP contribution in [0.1, 0.15) is 50.5 Å². The van der Waals surface area contributed by atoms with E-state index < -0.39 is 5.41 Å². The molecule has 1 unspecified atom stereocenters. The van der Waals surface area contributed by atoms with E-state index in [0.717, 1.165) is 16.7 Å². The van der Waals surface area contributed by atoms with Crippen LogP contribution in [0.15, 0.2) is 48.8 Å². The van der Waals surface area contributed by atoms with Crippen LogP contribution in [0.25, 0.3) is 11.1 Å². The first-order valence-electron chi connectivity index (χ1n) is 11.6. The number of hydrogen-bond donors (Lipinski definition) is 1. The molecule has 2 fully saturated rings. The standard InChI is InChI=1S/C26H33N3O2/c1-27-25(31)26(13-16-29(19-26)24(30)17-20-7-3-2-4-8-20)18-22-9-5-6-10-23(22)21-11-14-28-15-12-21/h5-6,9-12,14-15,20H,2-4,7-8,13,16-19H2,1H3,(H,27,31). The highest BCUT2D eigenvalue weighted by molar-refractivity contribution is 5.86. The molecular formula is C26H33N3O2. The van der Waals surface area contributed by atoms with Crippen LogP contribution in [0, 0.1) is 11.3 Å². The Bertz CT molecular complexity index is 908. The molecule has 0 spiro atoms. The lowest BCUT2D eigenvalue weighted by molar-refractivity contribution is -0.133. The lowest BCUT2D eigenvalue weighted by atomic mass is 9.78. The predicted molar refractivity (Wildman–Crippen MR) is 122 cm³/mol. The van der Waals surface area contributed by atoms with Crippen molar-refractivity contribution in [3.05, 3.63) is 54.4 Å². The van der Waals surface area contributed by atoms with Gasteiger partial charge in [0, 0.05) is 39.0 Å². The lowest BCUT2D eigenvalue weighted by Crippen LogP contribution is -2.44. The van der Waals surface area contributed by atoms with E-state index >= 15 is 0 Å². The molecule has 0 bridgehead atoms. The fraction of sp³-hybridized carbons (Fsp3) is 0.500. The third-order valence-electron chi connectivity index (χ3n) is 7.14. The number of carbonyl (C=O) groups excluding carboxylic acids is 2. The second-order valence-electron chi connectivity index (χ2n) is 9.20. The molecule has 1 aromatic heterocycles. The molecule has 1 aliphatic heterocycles. The summed E-state index contributed by atoms with van der Waals surface area (Å²) in [7, 11) is 1.70. The van der Waals surface area contributed by atoms with Crippen molar-refractivity contribution in [2.24, 2.45) is 11.3 Å². The summed E-state index contributed by atoms with van der Waals surface area (Å²) >= 11 is 0. The molecule has 164 valence electrons. The number of likely N-dealkylation sites (tertiary alicyclic amines) is 1. The highest BCUT2D eigenvalue weighted by atomic mass is 16.2. The van der Waals surface area contributed by atoms with Gasteiger partial charge in [-0.3, -0.25) is 14.6 Å². The first-order valence-corrected chi connectivity index (χ1v) is 11.6. The Morgan fingerprint density at radius 3 is 2.58 bits per heavy atom. The minimum absolute atomic E-state index is 0.0324. The van der Waals surface area contributed by atoms with Crippen molar-refractivity contribution in [1.82, 2.24) is 15.2 Å². The summed E-state index contributed by atoms with van der Waals surface area (Å²) < 4.78 is 0. The van der Waals surface area contributed by atoms with Crippen LogP contribution in [-0.2, 0) is 16.0 Å².